The smallest absolute Gasteiger partial charge is 0.271 e. The second-order valence-electron chi connectivity index (χ2n) is 11.3. The number of H-pyrrole nitrogens is 1. The van der Waals surface area contributed by atoms with Gasteiger partial charge in [0, 0.05) is 22.0 Å². The fourth-order valence-electron chi connectivity index (χ4n) is 6.74. The van der Waals surface area contributed by atoms with Crippen molar-refractivity contribution in [2.45, 2.75) is 32.7 Å². The standard InChI is InChI=1S/C37H29N3OS/c1-22-19-23(2)32-29(20-22)30(33(38-32)25-12-5-3-6-13-25)21-31-36(41)40-35(26-14-7-4-8-15-26)28-18-17-24-11-9-10-16-27(24)34(28)39-37(40)42-31/h3-16,19-21,35,38H,17-18H2,1-2H3/b31-21+/t35-/m1/s1. The first-order valence-electron chi connectivity index (χ1n) is 14.4. The van der Waals surface area contributed by atoms with E-state index in [9.17, 15) is 4.79 Å². The van der Waals surface area contributed by atoms with Crippen molar-refractivity contribution in [1.82, 2.24) is 9.55 Å². The third-order valence-electron chi connectivity index (χ3n) is 8.62. The van der Waals surface area contributed by atoms with Gasteiger partial charge in [0.15, 0.2) is 4.80 Å². The molecule has 4 nitrogen and oxygen atoms in total. The highest BCUT2D eigenvalue weighted by Gasteiger charge is 2.32. The summed E-state index contributed by atoms with van der Waals surface area (Å²) in [5.74, 6) is 0. The molecule has 5 heteroatoms. The Morgan fingerprint density at radius 3 is 2.45 bits per heavy atom. The molecule has 0 saturated heterocycles. The van der Waals surface area contributed by atoms with Crippen LogP contribution in [0.1, 0.15) is 45.8 Å². The number of fused-ring (bicyclic) bond motifs is 4. The summed E-state index contributed by atoms with van der Waals surface area (Å²) in [7, 11) is 0. The van der Waals surface area contributed by atoms with Gasteiger partial charge in [-0.05, 0) is 66.7 Å². The van der Waals surface area contributed by atoms with Crippen molar-refractivity contribution in [3.63, 3.8) is 0 Å². The third-order valence-corrected chi connectivity index (χ3v) is 9.60. The van der Waals surface area contributed by atoms with Crippen LogP contribution in [0.25, 0.3) is 33.9 Å². The predicted molar refractivity (Wildman–Crippen MR) is 172 cm³/mol. The number of allylic oxidation sites excluding steroid dienone is 1. The molecule has 0 amide bonds. The van der Waals surface area contributed by atoms with E-state index in [4.69, 9.17) is 4.99 Å². The Bertz CT molecular complexity index is 2230. The average Bonchev–Trinajstić information content (AvgIpc) is 3.54. The van der Waals surface area contributed by atoms with E-state index in [0.29, 0.717) is 4.53 Å². The molecule has 1 N–H and O–H groups in total. The minimum Gasteiger partial charge on any atom is -0.354 e. The lowest BCUT2D eigenvalue weighted by Crippen LogP contribution is -2.38. The molecule has 0 saturated carbocycles. The molecule has 6 aromatic rings. The van der Waals surface area contributed by atoms with Gasteiger partial charge in [-0.25, -0.2) is 4.99 Å². The summed E-state index contributed by atoms with van der Waals surface area (Å²) in [6.45, 7) is 4.27. The summed E-state index contributed by atoms with van der Waals surface area (Å²) in [6.07, 6.45) is 3.92. The average molecular weight is 564 g/mol. The zero-order valence-corrected chi connectivity index (χ0v) is 24.3. The van der Waals surface area contributed by atoms with Crippen LogP contribution in [0.5, 0.6) is 0 Å². The van der Waals surface area contributed by atoms with Crippen LogP contribution >= 0.6 is 11.3 Å². The highest BCUT2D eigenvalue weighted by Crippen LogP contribution is 2.41. The molecular formula is C37H29N3OS. The van der Waals surface area contributed by atoms with Gasteiger partial charge in [0.25, 0.3) is 5.56 Å². The molecule has 0 fully saturated rings. The fourth-order valence-corrected chi connectivity index (χ4v) is 7.73. The van der Waals surface area contributed by atoms with Gasteiger partial charge in [0.2, 0.25) is 0 Å². The van der Waals surface area contributed by atoms with E-state index in [-0.39, 0.29) is 11.6 Å². The molecule has 4 aromatic carbocycles. The van der Waals surface area contributed by atoms with Gasteiger partial charge < -0.3 is 4.98 Å². The van der Waals surface area contributed by atoms with Gasteiger partial charge in [-0.15, -0.1) is 0 Å². The highest BCUT2D eigenvalue weighted by atomic mass is 32.1. The van der Waals surface area contributed by atoms with Gasteiger partial charge >= 0.3 is 0 Å². The van der Waals surface area contributed by atoms with Crippen molar-refractivity contribution < 1.29 is 0 Å². The van der Waals surface area contributed by atoms with Crippen molar-refractivity contribution in [3.8, 4) is 11.3 Å². The van der Waals surface area contributed by atoms with Gasteiger partial charge in [0.1, 0.15) is 0 Å². The molecule has 2 aromatic heterocycles. The van der Waals surface area contributed by atoms with Crippen molar-refractivity contribution in [2.24, 2.45) is 4.99 Å². The largest absolute Gasteiger partial charge is 0.354 e. The molecule has 1 aliphatic heterocycles. The third kappa shape index (κ3) is 3.88. The number of nitrogens with one attached hydrogen (secondary N) is 1. The maximum absolute atomic E-state index is 14.4. The summed E-state index contributed by atoms with van der Waals surface area (Å²) in [6, 6.07) is 33.6. The van der Waals surface area contributed by atoms with E-state index in [1.165, 1.54) is 39.2 Å². The monoisotopic (exact) mass is 563 g/mol. The van der Waals surface area contributed by atoms with Crippen molar-refractivity contribution in [2.75, 3.05) is 0 Å². The van der Waals surface area contributed by atoms with Crippen LogP contribution in [0.3, 0.4) is 0 Å². The zero-order chi connectivity index (χ0) is 28.4. The molecular weight excluding hydrogens is 534 g/mol. The lowest BCUT2D eigenvalue weighted by Gasteiger charge is -2.30. The molecule has 8 rings (SSSR count). The molecule has 0 bridgehead atoms. The molecule has 0 spiro atoms. The topological polar surface area (TPSA) is 50.1 Å². The minimum atomic E-state index is -0.172. The van der Waals surface area contributed by atoms with Crippen molar-refractivity contribution in [3.05, 3.63) is 156 Å². The first kappa shape index (κ1) is 25.0. The molecule has 1 aliphatic carbocycles. The normalized spacial score (nSPS) is 16.2. The Labute approximate surface area is 247 Å². The second kappa shape index (κ2) is 9.68. The number of benzene rings is 4. The lowest BCUT2D eigenvalue weighted by atomic mass is 9.83. The number of aryl methyl sites for hydroxylation is 3. The van der Waals surface area contributed by atoms with E-state index in [2.05, 4.69) is 110 Å². The molecule has 0 unspecified atom stereocenters. The van der Waals surface area contributed by atoms with Crippen LogP contribution in [0.2, 0.25) is 0 Å². The number of nitrogens with zero attached hydrogens (tertiary/aromatic N) is 2. The Morgan fingerprint density at radius 2 is 1.64 bits per heavy atom. The van der Waals surface area contributed by atoms with E-state index >= 15 is 0 Å². The molecule has 1 atom stereocenters. The van der Waals surface area contributed by atoms with Crippen LogP contribution in [0, 0.1) is 13.8 Å². The summed E-state index contributed by atoms with van der Waals surface area (Å²) in [4.78, 5) is 24.1. The summed E-state index contributed by atoms with van der Waals surface area (Å²) < 4.78 is 2.63. The number of hydrogen-bond acceptors (Lipinski definition) is 3. The Morgan fingerprint density at radius 1 is 0.905 bits per heavy atom. The van der Waals surface area contributed by atoms with Crippen molar-refractivity contribution in [1.29, 1.82) is 0 Å². The summed E-state index contributed by atoms with van der Waals surface area (Å²) >= 11 is 1.49. The van der Waals surface area contributed by atoms with Crippen LogP contribution in [0.15, 0.2) is 112 Å². The van der Waals surface area contributed by atoms with E-state index in [0.717, 1.165) is 56.6 Å². The zero-order valence-electron chi connectivity index (χ0n) is 23.5. The molecule has 0 radical (unpaired) electrons. The van der Waals surface area contributed by atoms with Gasteiger partial charge in [-0.1, -0.05) is 108 Å². The summed E-state index contributed by atoms with van der Waals surface area (Å²) in [5, 5.41) is 1.13. The molecule has 2 aliphatic rings. The number of aromatic nitrogens is 2. The Hall–Kier alpha value is -4.74. The SMILES string of the molecule is Cc1cc(C)c2[nH]c(-c3ccccc3)c(/C=c3/sc4n(c3=O)[C@H](c3ccccc3)C3=C(N=4)c4ccccc4CC3)c2c1. The Kier molecular flexibility index (Phi) is 5.76. The lowest BCUT2D eigenvalue weighted by molar-refractivity contribution is 0.585. The number of thiazole rings is 1. The number of rotatable bonds is 3. The second-order valence-corrected chi connectivity index (χ2v) is 12.3. The van der Waals surface area contributed by atoms with Crippen LogP contribution in [-0.4, -0.2) is 9.55 Å². The first-order valence-corrected chi connectivity index (χ1v) is 15.2. The van der Waals surface area contributed by atoms with Gasteiger partial charge in [-0.3, -0.25) is 9.36 Å². The maximum atomic E-state index is 14.4. The Balaban J connectivity index is 1.42. The minimum absolute atomic E-state index is 0.00995. The quantitative estimate of drug-likeness (QED) is 0.246. The highest BCUT2D eigenvalue weighted by molar-refractivity contribution is 7.07. The van der Waals surface area contributed by atoms with Crippen LogP contribution in [0.4, 0.5) is 0 Å². The van der Waals surface area contributed by atoms with E-state index < -0.39 is 0 Å². The van der Waals surface area contributed by atoms with Gasteiger partial charge in [-0.2, -0.15) is 0 Å². The van der Waals surface area contributed by atoms with Crippen LogP contribution < -0.4 is 14.9 Å². The van der Waals surface area contributed by atoms with Crippen molar-refractivity contribution >= 4 is 34.0 Å². The maximum Gasteiger partial charge on any atom is 0.271 e. The molecule has 42 heavy (non-hydrogen) atoms. The number of aromatic amines is 1. The van der Waals surface area contributed by atoms with Crippen LogP contribution in [-0.2, 0) is 6.42 Å². The summed E-state index contributed by atoms with van der Waals surface area (Å²) in [5.41, 5.74) is 12.6. The molecule has 204 valence electrons. The molecule has 3 heterocycles. The number of hydrogen-bond donors (Lipinski definition) is 1. The van der Waals surface area contributed by atoms with Gasteiger partial charge in [0.05, 0.1) is 22.0 Å². The van der Waals surface area contributed by atoms with E-state index in [1.807, 2.05) is 16.7 Å². The first-order chi connectivity index (χ1) is 20.6. The predicted octanol–water partition coefficient (Wildman–Crippen LogP) is 7.08. The fraction of sp³-hybridized carbons (Fsp3) is 0.135. The van der Waals surface area contributed by atoms with E-state index in [1.54, 1.807) is 0 Å².